The van der Waals surface area contributed by atoms with Gasteiger partial charge in [-0.3, -0.25) is 4.79 Å². The summed E-state index contributed by atoms with van der Waals surface area (Å²) in [7, 11) is 0. The molecular weight excluding hydrogens is 414 g/mol. The number of phenols is 1. The number of hydrogen-bond acceptors (Lipinski definition) is 6. The van der Waals surface area contributed by atoms with Crippen LogP contribution in [0.4, 0.5) is 5.95 Å². The summed E-state index contributed by atoms with van der Waals surface area (Å²) in [5.74, 6) is 0.308. The summed E-state index contributed by atoms with van der Waals surface area (Å²) in [4.78, 5) is 23.8. The van der Waals surface area contributed by atoms with Gasteiger partial charge in [0, 0.05) is 24.6 Å². The summed E-state index contributed by atoms with van der Waals surface area (Å²) in [5, 5.41) is 10.4. The standard InChI is InChI=1S/C26H31N5O2/c1-2-17-10-11-24(32)20(13-17)23-15-22(29-26(28)30-23)19-9-6-12-31(16-19)25(33)21(27)14-18-7-4-3-5-8-18/h3-5,7-8,10-11,13,15,19,21,32H,2,6,9,12,14,16,27H2,1H3,(H2,28,29,30)/t19?,21-/m1/s1. The number of piperidine rings is 1. The van der Waals surface area contributed by atoms with E-state index in [1.807, 2.05) is 53.4 Å². The molecule has 172 valence electrons. The molecule has 0 radical (unpaired) electrons. The summed E-state index contributed by atoms with van der Waals surface area (Å²) in [6.45, 7) is 3.29. The zero-order valence-corrected chi connectivity index (χ0v) is 18.9. The van der Waals surface area contributed by atoms with Gasteiger partial charge in [-0.25, -0.2) is 9.97 Å². The molecule has 1 aliphatic rings. The molecule has 1 aromatic heterocycles. The number of aromatic nitrogens is 2. The molecule has 0 spiro atoms. The largest absolute Gasteiger partial charge is 0.507 e. The number of carbonyl (C=O) groups is 1. The third-order valence-electron chi connectivity index (χ3n) is 6.28. The number of rotatable bonds is 6. The van der Waals surface area contributed by atoms with Crippen LogP contribution in [-0.2, 0) is 17.6 Å². The number of anilines is 1. The van der Waals surface area contributed by atoms with E-state index in [-0.39, 0.29) is 23.5 Å². The van der Waals surface area contributed by atoms with Crippen molar-refractivity contribution in [3.05, 3.63) is 71.4 Å². The summed E-state index contributed by atoms with van der Waals surface area (Å²) in [5.41, 5.74) is 16.5. The maximum absolute atomic E-state index is 13.1. The van der Waals surface area contributed by atoms with Crippen LogP contribution in [0, 0.1) is 0 Å². The first-order valence-electron chi connectivity index (χ1n) is 11.5. The number of nitrogens with two attached hydrogens (primary N) is 2. The minimum atomic E-state index is -0.578. The smallest absolute Gasteiger partial charge is 0.239 e. The lowest BCUT2D eigenvalue weighted by Crippen LogP contribution is -2.48. The molecule has 5 N–H and O–H groups in total. The minimum absolute atomic E-state index is 0.0344. The van der Waals surface area contributed by atoms with E-state index in [0.717, 1.165) is 36.1 Å². The topological polar surface area (TPSA) is 118 Å². The summed E-state index contributed by atoms with van der Waals surface area (Å²) in [6.07, 6.45) is 3.13. The first-order chi connectivity index (χ1) is 15.9. The van der Waals surface area contributed by atoms with Crippen LogP contribution in [-0.4, -0.2) is 45.0 Å². The number of aryl methyl sites for hydroxylation is 1. The van der Waals surface area contributed by atoms with Gasteiger partial charge in [0.25, 0.3) is 0 Å². The summed E-state index contributed by atoms with van der Waals surface area (Å²) >= 11 is 0. The van der Waals surface area contributed by atoms with Crippen LogP contribution >= 0.6 is 0 Å². The van der Waals surface area contributed by atoms with Gasteiger partial charge in [-0.15, -0.1) is 0 Å². The van der Waals surface area contributed by atoms with E-state index in [1.165, 1.54) is 0 Å². The van der Waals surface area contributed by atoms with Crippen LogP contribution in [0.15, 0.2) is 54.6 Å². The molecule has 1 unspecified atom stereocenters. The highest BCUT2D eigenvalue weighted by molar-refractivity contribution is 5.82. The molecule has 2 atom stereocenters. The average molecular weight is 446 g/mol. The summed E-state index contributed by atoms with van der Waals surface area (Å²) in [6, 6.07) is 16.6. The predicted molar refractivity (Wildman–Crippen MR) is 130 cm³/mol. The fourth-order valence-electron chi connectivity index (χ4n) is 4.45. The summed E-state index contributed by atoms with van der Waals surface area (Å²) < 4.78 is 0. The number of hydrogen-bond donors (Lipinski definition) is 3. The third kappa shape index (κ3) is 5.31. The molecule has 2 aromatic carbocycles. The number of phenolic OH excluding ortho intramolecular Hbond substituents is 1. The zero-order valence-electron chi connectivity index (χ0n) is 18.9. The van der Waals surface area contributed by atoms with Gasteiger partial charge < -0.3 is 21.5 Å². The fourth-order valence-corrected chi connectivity index (χ4v) is 4.45. The van der Waals surface area contributed by atoms with Crippen LogP contribution in [0.5, 0.6) is 5.75 Å². The molecule has 1 saturated heterocycles. The number of aromatic hydroxyl groups is 1. The van der Waals surface area contributed by atoms with E-state index >= 15 is 0 Å². The van der Waals surface area contributed by atoms with E-state index in [2.05, 4.69) is 16.9 Å². The molecule has 0 saturated carbocycles. The number of amides is 1. The maximum atomic E-state index is 13.1. The lowest BCUT2D eigenvalue weighted by atomic mass is 9.92. The van der Waals surface area contributed by atoms with Gasteiger partial charge in [0.2, 0.25) is 11.9 Å². The SMILES string of the molecule is CCc1ccc(O)c(-c2cc(C3CCCN(C(=O)[C@H](N)Cc4ccccc4)C3)nc(N)n2)c1. The van der Waals surface area contributed by atoms with Crippen LogP contribution < -0.4 is 11.5 Å². The Hall–Kier alpha value is -3.45. The molecule has 7 heteroatoms. The zero-order chi connectivity index (χ0) is 23.4. The number of nitrogens with zero attached hydrogens (tertiary/aromatic N) is 3. The molecule has 7 nitrogen and oxygen atoms in total. The second kappa shape index (κ2) is 10.0. The van der Waals surface area contributed by atoms with Crippen molar-refractivity contribution < 1.29 is 9.90 Å². The Morgan fingerprint density at radius 2 is 1.94 bits per heavy atom. The van der Waals surface area contributed by atoms with E-state index in [0.29, 0.717) is 30.8 Å². The Morgan fingerprint density at radius 1 is 1.15 bits per heavy atom. The van der Waals surface area contributed by atoms with Crippen molar-refractivity contribution in [2.75, 3.05) is 18.8 Å². The van der Waals surface area contributed by atoms with E-state index in [9.17, 15) is 9.90 Å². The van der Waals surface area contributed by atoms with Gasteiger partial charge in [0.1, 0.15) is 5.75 Å². The number of likely N-dealkylation sites (tertiary alicyclic amines) is 1. The first-order valence-corrected chi connectivity index (χ1v) is 11.5. The van der Waals surface area contributed by atoms with Gasteiger partial charge in [-0.05, 0) is 55.0 Å². The van der Waals surface area contributed by atoms with Crippen LogP contribution in [0.25, 0.3) is 11.3 Å². The van der Waals surface area contributed by atoms with Gasteiger partial charge in [0.05, 0.1) is 17.4 Å². The van der Waals surface area contributed by atoms with Gasteiger partial charge in [-0.1, -0.05) is 43.3 Å². The van der Waals surface area contributed by atoms with E-state index in [1.54, 1.807) is 6.07 Å². The Bertz CT molecular complexity index is 1120. The van der Waals surface area contributed by atoms with E-state index < -0.39 is 6.04 Å². The number of benzene rings is 2. The quantitative estimate of drug-likeness (QED) is 0.536. The van der Waals surface area contributed by atoms with Crippen molar-refractivity contribution in [3.63, 3.8) is 0 Å². The Morgan fingerprint density at radius 3 is 2.70 bits per heavy atom. The number of carbonyl (C=O) groups excluding carboxylic acids is 1. The van der Waals surface area contributed by atoms with Crippen molar-refractivity contribution in [3.8, 4) is 17.0 Å². The Labute approximate surface area is 194 Å². The Kier molecular flexibility index (Phi) is 6.89. The highest BCUT2D eigenvalue weighted by Crippen LogP contribution is 2.33. The molecular formula is C26H31N5O2. The molecule has 0 bridgehead atoms. The van der Waals surface area contributed by atoms with Gasteiger partial charge in [-0.2, -0.15) is 0 Å². The lowest BCUT2D eigenvalue weighted by molar-refractivity contribution is -0.133. The molecule has 0 aliphatic carbocycles. The molecule has 3 aromatic rings. The van der Waals surface area contributed by atoms with Gasteiger partial charge >= 0.3 is 0 Å². The Balaban J connectivity index is 1.53. The second-order valence-electron chi connectivity index (χ2n) is 8.66. The molecule has 2 heterocycles. The molecule has 33 heavy (non-hydrogen) atoms. The minimum Gasteiger partial charge on any atom is -0.507 e. The van der Waals surface area contributed by atoms with Gasteiger partial charge in [0.15, 0.2) is 0 Å². The van der Waals surface area contributed by atoms with Crippen LogP contribution in [0.3, 0.4) is 0 Å². The third-order valence-corrected chi connectivity index (χ3v) is 6.28. The van der Waals surface area contributed by atoms with Crippen molar-refractivity contribution in [2.24, 2.45) is 5.73 Å². The predicted octanol–water partition coefficient (Wildman–Crippen LogP) is 3.27. The van der Waals surface area contributed by atoms with Crippen molar-refractivity contribution in [2.45, 2.75) is 44.6 Å². The van der Waals surface area contributed by atoms with Crippen molar-refractivity contribution in [1.82, 2.24) is 14.9 Å². The maximum Gasteiger partial charge on any atom is 0.239 e. The highest BCUT2D eigenvalue weighted by atomic mass is 16.3. The molecule has 1 fully saturated rings. The molecule has 4 rings (SSSR count). The second-order valence-corrected chi connectivity index (χ2v) is 8.66. The fraction of sp³-hybridized carbons (Fsp3) is 0.346. The lowest BCUT2D eigenvalue weighted by Gasteiger charge is -2.34. The molecule has 1 aliphatic heterocycles. The normalized spacial score (nSPS) is 17.0. The average Bonchev–Trinajstić information content (AvgIpc) is 2.84. The van der Waals surface area contributed by atoms with Crippen LogP contribution in [0.1, 0.15) is 42.5 Å². The van der Waals surface area contributed by atoms with Crippen molar-refractivity contribution >= 4 is 11.9 Å². The monoisotopic (exact) mass is 445 g/mol. The van der Waals surface area contributed by atoms with Crippen molar-refractivity contribution in [1.29, 1.82) is 0 Å². The first kappa shape index (κ1) is 22.7. The van der Waals surface area contributed by atoms with E-state index in [4.69, 9.17) is 11.5 Å². The number of nitrogen functional groups attached to an aromatic ring is 1. The highest BCUT2D eigenvalue weighted by Gasteiger charge is 2.29. The van der Waals surface area contributed by atoms with Crippen LogP contribution in [0.2, 0.25) is 0 Å². The molecule has 1 amide bonds.